The SMILES string of the molecule is CC(=O)N1CC2(C1)C(COc1ncccn1)CCS2(=O)=O. The summed E-state index contributed by atoms with van der Waals surface area (Å²) in [4.78, 5) is 20.8. The summed E-state index contributed by atoms with van der Waals surface area (Å²) in [6, 6.07) is 1.94. The lowest BCUT2D eigenvalue weighted by molar-refractivity contribution is -0.135. The summed E-state index contributed by atoms with van der Waals surface area (Å²) in [5.41, 5.74) is 0. The average Bonchev–Trinajstić information content (AvgIpc) is 2.66. The highest BCUT2D eigenvalue weighted by atomic mass is 32.2. The van der Waals surface area contributed by atoms with Crippen LogP contribution in [0.15, 0.2) is 18.5 Å². The van der Waals surface area contributed by atoms with E-state index in [1.807, 2.05) is 0 Å². The van der Waals surface area contributed by atoms with E-state index in [0.29, 0.717) is 6.42 Å². The third kappa shape index (κ3) is 2.27. The maximum absolute atomic E-state index is 12.3. The van der Waals surface area contributed by atoms with Gasteiger partial charge in [-0.2, -0.15) is 0 Å². The van der Waals surface area contributed by atoms with Crippen LogP contribution in [0.4, 0.5) is 0 Å². The van der Waals surface area contributed by atoms with Gasteiger partial charge in [-0.25, -0.2) is 18.4 Å². The van der Waals surface area contributed by atoms with Crippen LogP contribution in [0.3, 0.4) is 0 Å². The molecular weight excluding hydrogens is 294 g/mol. The highest BCUT2D eigenvalue weighted by Crippen LogP contribution is 2.44. The minimum absolute atomic E-state index is 0.0891. The summed E-state index contributed by atoms with van der Waals surface area (Å²) in [5, 5.41) is 0. The Bertz CT molecular complexity index is 641. The number of hydrogen-bond donors (Lipinski definition) is 0. The maximum Gasteiger partial charge on any atom is 0.316 e. The van der Waals surface area contributed by atoms with Crippen molar-refractivity contribution in [3.63, 3.8) is 0 Å². The molecule has 0 aromatic carbocycles. The van der Waals surface area contributed by atoms with Crippen LogP contribution in [0.25, 0.3) is 0 Å². The van der Waals surface area contributed by atoms with Crippen LogP contribution in [-0.2, 0) is 14.6 Å². The van der Waals surface area contributed by atoms with Gasteiger partial charge in [-0.3, -0.25) is 4.79 Å². The molecule has 2 aliphatic rings. The fourth-order valence-electron chi connectivity index (χ4n) is 3.07. The quantitative estimate of drug-likeness (QED) is 0.774. The second kappa shape index (κ2) is 4.94. The van der Waals surface area contributed by atoms with Crippen LogP contribution < -0.4 is 4.74 Å². The lowest BCUT2D eigenvalue weighted by Gasteiger charge is -2.49. The van der Waals surface area contributed by atoms with E-state index in [9.17, 15) is 13.2 Å². The van der Waals surface area contributed by atoms with Crippen molar-refractivity contribution in [2.75, 3.05) is 25.4 Å². The molecule has 0 bridgehead atoms. The van der Waals surface area contributed by atoms with Gasteiger partial charge in [-0.05, 0) is 12.5 Å². The Hall–Kier alpha value is -1.70. The number of likely N-dealkylation sites (tertiary alicyclic amines) is 1. The summed E-state index contributed by atoms with van der Waals surface area (Å²) in [5.74, 6) is -0.0571. The van der Waals surface area contributed by atoms with Crippen molar-refractivity contribution in [2.45, 2.75) is 18.1 Å². The number of ether oxygens (including phenoxy) is 1. The molecule has 114 valence electrons. The van der Waals surface area contributed by atoms with Crippen molar-refractivity contribution in [2.24, 2.45) is 5.92 Å². The van der Waals surface area contributed by atoms with E-state index in [4.69, 9.17) is 4.74 Å². The fraction of sp³-hybridized carbons (Fsp3) is 0.615. The van der Waals surface area contributed by atoms with E-state index in [-0.39, 0.29) is 43.3 Å². The molecule has 7 nitrogen and oxygen atoms in total. The van der Waals surface area contributed by atoms with Gasteiger partial charge in [0.2, 0.25) is 5.91 Å². The molecule has 1 aromatic rings. The monoisotopic (exact) mass is 311 g/mol. The maximum atomic E-state index is 12.3. The molecule has 1 spiro atoms. The second-order valence-corrected chi connectivity index (χ2v) is 8.04. The Morgan fingerprint density at radius 3 is 2.71 bits per heavy atom. The van der Waals surface area contributed by atoms with Crippen molar-refractivity contribution in [1.29, 1.82) is 0 Å². The molecular formula is C13H17N3O4S. The largest absolute Gasteiger partial charge is 0.463 e. The fourth-order valence-corrected chi connectivity index (χ4v) is 5.47. The molecule has 3 heterocycles. The van der Waals surface area contributed by atoms with Gasteiger partial charge in [0.1, 0.15) is 4.75 Å². The third-order valence-corrected chi connectivity index (χ3v) is 7.02. The molecule has 21 heavy (non-hydrogen) atoms. The smallest absolute Gasteiger partial charge is 0.316 e. The summed E-state index contributed by atoms with van der Waals surface area (Å²) >= 11 is 0. The van der Waals surface area contributed by atoms with Crippen LogP contribution in [0.5, 0.6) is 6.01 Å². The zero-order valence-electron chi connectivity index (χ0n) is 11.7. The van der Waals surface area contributed by atoms with E-state index >= 15 is 0 Å². The highest BCUT2D eigenvalue weighted by Gasteiger charge is 2.62. The Balaban J connectivity index is 1.72. The lowest BCUT2D eigenvalue weighted by atomic mass is 9.83. The highest BCUT2D eigenvalue weighted by molar-refractivity contribution is 7.93. The minimum atomic E-state index is -3.18. The summed E-state index contributed by atoms with van der Waals surface area (Å²) in [6.07, 6.45) is 3.70. The molecule has 0 aliphatic carbocycles. The number of carbonyl (C=O) groups excluding carboxylic acids is 1. The van der Waals surface area contributed by atoms with Crippen LogP contribution in [0.1, 0.15) is 13.3 Å². The molecule has 0 radical (unpaired) electrons. The Morgan fingerprint density at radius 2 is 2.10 bits per heavy atom. The third-order valence-electron chi connectivity index (χ3n) is 4.42. The number of nitrogens with zero attached hydrogens (tertiary/aromatic N) is 3. The molecule has 1 amide bonds. The number of amides is 1. The van der Waals surface area contributed by atoms with Gasteiger partial charge >= 0.3 is 6.01 Å². The van der Waals surface area contributed by atoms with Gasteiger partial charge < -0.3 is 9.64 Å². The molecule has 8 heteroatoms. The Kier molecular flexibility index (Phi) is 3.35. The van der Waals surface area contributed by atoms with Gasteiger partial charge in [0.15, 0.2) is 9.84 Å². The molecule has 0 saturated carbocycles. The molecule has 1 unspecified atom stereocenters. The summed E-state index contributed by atoms with van der Waals surface area (Å²) in [7, 11) is -3.18. The molecule has 0 N–H and O–H groups in total. The predicted molar refractivity (Wildman–Crippen MR) is 74.4 cm³/mol. The summed E-state index contributed by atoms with van der Waals surface area (Å²) in [6.45, 7) is 2.26. The second-order valence-electron chi connectivity index (χ2n) is 5.59. The number of aromatic nitrogens is 2. The number of sulfone groups is 1. The first-order chi connectivity index (χ1) is 9.95. The van der Waals surface area contributed by atoms with Gasteiger partial charge in [-0.15, -0.1) is 0 Å². The molecule has 1 atom stereocenters. The van der Waals surface area contributed by atoms with E-state index in [1.54, 1.807) is 23.4 Å². The van der Waals surface area contributed by atoms with Crippen molar-refractivity contribution in [1.82, 2.24) is 14.9 Å². The molecule has 2 saturated heterocycles. The predicted octanol–water partition coefficient (Wildman–Crippen LogP) is -0.109. The lowest BCUT2D eigenvalue weighted by Crippen LogP contribution is -2.68. The molecule has 3 rings (SSSR count). The van der Waals surface area contributed by atoms with Crippen LogP contribution >= 0.6 is 0 Å². The first-order valence-electron chi connectivity index (χ1n) is 6.82. The van der Waals surface area contributed by atoms with E-state index in [0.717, 1.165) is 0 Å². The van der Waals surface area contributed by atoms with Gasteiger partial charge in [0, 0.05) is 38.3 Å². The van der Waals surface area contributed by atoms with E-state index in [1.165, 1.54) is 6.92 Å². The van der Waals surface area contributed by atoms with Crippen LogP contribution in [-0.4, -0.2) is 59.4 Å². The first kappa shape index (κ1) is 14.2. The first-order valence-corrected chi connectivity index (χ1v) is 8.47. The van der Waals surface area contributed by atoms with Crippen molar-refractivity contribution < 1.29 is 17.9 Å². The molecule has 2 aliphatic heterocycles. The topological polar surface area (TPSA) is 89.5 Å². The number of hydrogen-bond acceptors (Lipinski definition) is 6. The van der Waals surface area contributed by atoms with Crippen molar-refractivity contribution in [3.05, 3.63) is 18.5 Å². The minimum Gasteiger partial charge on any atom is -0.463 e. The van der Waals surface area contributed by atoms with Gasteiger partial charge in [0.05, 0.1) is 12.4 Å². The van der Waals surface area contributed by atoms with Crippen LogP contribution in [0.2, 0.25) is 0 Å². The van der Waals surface area contributed by atoms with Crippen LogP contribution in [0, 0.1) is 5.92 Å². The van der Waals surface area contributed by atoms with Gasteiger partial charge in [0.25, 0.3) is 0 Å². The molecule has 2 fully saturated rings. The Labute approximate surface area is 123 Å². The van der Waals surface area contributed by atoms with Crippen molar-refractivity contribution in [3.8, 4) is 6.01 Å². The summed E-state index contributed by atoms with van der Waals surface area (Å²) < 4.78 is 29.3. The van der Waals surface area contributed by atoms with E-state index < -0.39 is 14.6 Å². The molecule has 1 aromatic heterocycles. The van der Waals surface area contributed by atoms with Crippen molar-refractivity contribution >= 4 is 15.7 Å². The zero-order chi connectivity index (χ0) is 15.1. The van der Waals surface area contributed by atoms with E-state index in [2.05, 4.69) is 9.97 Å². The Morgan fingerprint density at radius 1 is 1.43 bits per heavy atom. The number of carbonyl (C=O) groups is 1. The van der Waals surface area contributed by atoms with Gasteiger partial charge in [-0.1, -0.05) is 0 Å². The standard InChI is InChI=1S/C13H17N3O4S/c1-10(17)16-8-13(9-16)11(3-6-21(13,18)19)7-20-12-14-4-2-5-15-12/h2,4-5,11H,3,6-9H2,1H3. The number of rotatable bonds is 3. The average molecular weight is 311 g/mol. The zero-order valence-corrected chi connectivity index (χ0v) is 12.5. The normalized spacial score (nSPS) is 25.6.